The first-order valence-electron chi connectivity index (χ1n) is 6.30. The van der Waals surface area contributed by atoms with Gasteiger partial charge in [-0.1, -0.05) is 6.92 Å². The Morgan fingerprint density at radius 3 is 2.63 bits per heavy atom. The summed E-state index contributed by atoms with van der Waals surface area (Å²) in [6.45, 7) is 2.04. The average molecular weight is 276 g/mol. The Kier molecular flexibility index (Phi) is 6.08. The Morgan fingerprint density at radius 1 is 1.37 bits per heavy atom. The van der Waals surface area contributed by atoms with Gasteiger partial charge in [0.15, 0.2) is 0 Å². The molecule has 0 amide bonds. The van der Waals surface area contributed by atoms with E-state index in [4.69, 9.17) is 10.5 Å². The van der Waals surface area contributed by atoms with Crippen LogP contribution in [0.4, 0.5) is 13.2 Å². The summed E-state index contributed by atoms with van der Waals surface area (Å²) in [6, 6.07) is 3.57. The fraction of sp³-hybridized carbons (Fsp3) is 0.615. The van der Waals surface area contributed by atoms with Crippen molar-refractivity contribution < 1.29 is 17.9 Å². The van der Waals surface area contributed by atoms with Gasteiger partial charge in [0.1, 0.15) is 5.75 Å². The molecule has 2 N–H and O–H groups in total. The molecule has 0 aliphatic rings. The quantitative estimate of drug-likeness (QED) is 0.778. The number of nitrogens with zero attached hydrogens (tertiary/aromatic N) is 1. The highest BCUT2D eigenvalue weighted by Gasteiger charge is 2.26. The highest BCUT2D eigenvalue weighted by atomic mass is 19.4. The van der Waals surface area contributed by atoms with Gasteiger partial charge in [0, 0.05) is 24.6 Å². The molecule has 6 heteroatoms. The number of aromatic nitrogens is 1. The molecule has 0 aliphatic heterocycles. The van der Waals surface area contributed by atoms with Crippen LogP contribution in [-0.4, -0.2) is 23.8 Å². The van der Waals surface area contributed by atoms with E-state index in [-0.39, 0.29) is 19.1 Å². The van der Waals surface area contributed by atoms with Gasteiger partial charge in [0.2, 0.25) is 0 Å². The lowest BCUT2D eigenvalue weighted by molar-refractivity contribution is -0.136. The van der Waals surface area contributed by atoms with Crippen LogP contribution in [0.3, 0.4) is 0 Å². The third-order valence-corrected chi connectivity index (χ3v) is 2.67. The number of halogens is 3. The molecule has 0 aromatic carbocycles. The first kappa shape index (κ1) is 15.8. The van der Waals surface area contributed by atoms with Crippen LogP contribution in [0.2, 0.25) is 0 Å². The summed E-state index contributed by atoms with van der Waals surface area (Å²) in [5.74, 6) is 0.482. The maximum absolute atomic E-state index is 11.9. The molecule has 1 aromatic rings. The molecule has 0 radical (unpaired) electrons. The molecule has 1 unspecified atom stereocenters. The molecule has 3 nitrogen and oxygen atoms in total. The summed E-state index contributed by atoms with van der Waals surface area (Å²) in [4.78, 5) is 4.17. The third kappa shape index (κ3) is 7.00. The Morgan fingerprint density at radius 2 is 2.11 bits per heavy atom. The van der Waals surface area contributed by atoms with E-state index in [0.717, 1.165) is 12.1 Å². The number of pyridine rings is 1. The van der Waals surface area contributed by atoms with Crippen molar-refractivity contribution in [1.29, 1.82) is 0 Å². The highest BCUT2D eigenvalue weighted by molar-refractivity contribution is 5.20. The number of hydrogen-bond acceptors (Lipinski definition) is 3. The van der Waals surface area contributed by atoms with E-state index in [1.807, 2.05) is 6.92 Å². The zero-order chi connectivity index (χ0) is 14.3. The Balaban J connectivity index is 2.32. The number of alkyl halides is 3. The van der Waals surface area contributed by atoms with Crippen molar-refractivity contribution in [3.8, 4) is 5.75 Å². The van der Waals surface area contributed by atoms with E-state index in [1.165, 1.54) is 6.20 Å². The molecule has 1 atom stereocenters. The van der Waals surface area contributed by atoms with Crippen LogP contribution in [0.25, 0.3) is 0 Å². The second-order valence-corrected chi connectivity index (χ2v) is 4.42. The van der Waals surface area contributed by atoms with Crippen molar-refractivity contribution in [2.24, 2.45) is 5.73 Å². The minimum atomic E-state index is -4.12. The molecular weight excluding hydrogens is 257 g/mol. The van der Waals surface area contributed by atoms with Crippen molar-refractivity contribution in [2.75, 3.05) is 6.61 Å². The fourth-order valence-corrected chi connectivity index (χ4v) is 1.49. The van der Waals surface area contributed by atoms with Crippen LogP contribution in [0.5, 0.6) is 5.75 Å². The minimum absolute atomic E-state index is 0.0367. The first-order chi connectivity index (χ1) is 8.90. The van der Waals surface area contributed by atoms with E-state index >= 15 is 0 Å². The highest BCUT2D eigenvalue weighted by Crippen LogP contribution is 2.21. The standard InChI is InChI=1S/C13H19F3N2O/c1-2-10(17)8-11-4-5-12(9-18-11)19-7-3-6-13(14,15)16/h4-5,9-10H,2-3,6-8,17H2,1H3. The fourth-order valence-electron chi connectivity index (χ4n) is 1.49. The zero-order valence-electron chi connectivity index (χ0n) is 10.9. The second kappa shape index (κ2) is 7.33. The lowest BCUT2D eigenvalue weighted by Gasteiger charge is -2.10. The third-order valence-electron chi connectivity index (χ3n) is 2.67. The number of nitrogens with two attached hydrogens (primary N) is 1. The zero-order valence-corrected chi connectivity index (χ0v) is 10.9. The maximum atomic E-state index is 11.9. The normalized spacial score (nSPS) is 13.3. The Labute approximate surface area is 111 Å². The lowest BCUT2D eigenvalue weighted by atomic mass is 10.1. The van der Waals surface area contributed by atoms with Crippen molar-refractivity contribution >= 4 is 0 Å². The van der Waals surface area contributed by atoms with Gasteiger partial charge in [-0.05, 0) is 25.0 Å². The molecule has 0 spiro atoms. The van der Waals surface area contributed by atoms with E-state index in [9.17, 15) is 13.2 Å². The van der Waals surface area contributed by atoms with Gasteiger partial charge in [-0.2, -0.15) is 13.2 Å². The van der Waals surface area contributed by atoms with Gasteiger partial charge in [0.25, 0.3) is 0 Å². The van der Waals surface area contributed by atoms with Crippen LogP contribution in [0.15, 0.2) is 18.3 Å². The molecule has 1 aromatic heterocycles. The molecule has 0 bridgehead atoms. The molecule has 0 saturated carbocycles. The van der Waals surface area contributed by atoms with Gasteiger partial charge in [-0.25, -0.2) is 0 Å². The summed E-state index contributed by atoms with van der Waals surface area (Å²) in [6.07, 6.45) is -1.93. The van der Waals surface area contributed by atoms with Gasteiger partial charge in [-0.15, -0.1) is 0 Å². The summed E-state index contributed by atoms with van der Waals surface area (Å²) in [5.41, 5.74) is 6.66. The van der Waals surface area contributed by atoms with Gasteiger partial charge >= 0.3 is 6.18 Å². The van der Waals surface area contributed by atoms with Gasteiger partial charge in [0.05, 0.1) is 12.8 Å². The van der Waals surface area contributed by atoms with Crippen molar-refractivity contribution in [3.05, 3.63) is 24.0 Å². The molecule has 1 rings (SSSR count). The predicted molar refractivity (Wildman–Crippen MR) is 67.0 cm³/mol. The summed E-state index contributed by atoms with van der Waals surface area (Å²) < 4.78 is 40.9. The molecule has 19 heavy (non-hydrogen) atoms. The number of ether oxygens (including phenoxy) is 1. The van der Waals surface area contributed by atoms with Crippen LogP contribution in [-0.2, 0) is 6.42 Å². The number of rotatable bonds is 7. The minimum Gasteiger partial charge on any atom is -0.492 e. The average Bonchev–Trinajstić information content (AvgIpc) is 2.35. The van der Waals surface area contributed by atoms with E-state index in [2.05, 4.69) is 4.98 Å². The van der Waals surface area contributed by atoms with E-state index in [0.29, 0.717) is 12.2 Å². The maximum Gasteiger partial charge on any atom is 0.389 e. The SMILES string of the molecule is CCC(N)Cc1ccc(OCCCC(F)(F)F)cn1. The monoisotopic (exact) mass is 276 g/mol. The summed E-state index contributed by atoms with van der Waals surface area (Å²) in [5, 5.41) is 0. The van der Waals surface area contributed by atoms with Crippen LogP contribution < -0.4 is 10.5 Å². The molecule has 0 saturated heterocycles. The predicted octanol–water partition coefficient (Wildman–Crippen LogP) is 3.08. The van der Waals surface area contributed by atoms with Crippen molar-refractivity contribution in [3.63, 3.8) is 0 Å². The van der Waals surface area contributed by atoms with Gasteiger partial charge in [-0.3, -0.25) is 4.98 Å². The Hall–Kier alpha value is -1.30. The summed E-state index contributed by atoms with van der Waals surface area (Å²) in [7, 11) is 0. The molecule has 0 fully saturated rings. The smallest absolute Gasteiger partial charge is 0.389 e. The van der Waals surface area contributed by atoms with Gasteiger partial charge < -0.3 is 10.5 Å². The van der Waals surface area contributed by atoms with Crippen LogP contribution >= 0.6 is 0 Å². The number of hydrogen-bond donors (Lipinski definition) is 1. The molecular formula is C13H19F3N2O. The largest absolute Gasteiger partial charge is 0.492 e. The van der Waals surface area contributed by atoms with Crippen LogP contribution in [0.1, 0.15) is 31.9 Å². The molecule has 1 heterocycles. The Bertz CT molecular complexity index is 365. The second-order valence-electron chi connectivity index (χ2n) is 4.42. The first-order valence-corrected chi connectivity index (χ1v) is 6.30. The van der Waals surface area contributed by atoms with E-state index in [1.54, 1.807) is 12.1 Å². The lowest BCUT2D eigenvalue weighted by Crippen LogP contribution is -2.21. The molecule has 0 aliphatic carbocycles. The summed E-state index contributed by atoms with van der Waals surface area (Å²) >= 11 is 0. The van der Waals surface area contributed by atoms with Crippen molar-refractivity contribution in [1.82, 2.24) is 4.98 Å². The van der Waals surface area contributed by atoms with Crippen molar-refractivity contribution in [2.45, 2.75) is 44.8 Å². The molecule has 108 valence electrons. The van der Waals surface area contributed by atoms with Crippen LogP contribution in [0, 0.1) is 0 Å². The topological polar surface area (TPSA) is 48.1 Å². The van der Waals surface area contributed by atoms with E-state index < -0.39 is 12.6 Å².